The molecule has 0 saturated heterocycles. The minimum Gasteiger partial charge on any atom is -1.00 e. The van der Waals surface area contributed by atoms with Crippen LogP contribution in [0.2, 0.25) is 0 Å². The average Bonchev–Trinajstić information content (AvgIpc) is 3.59. The number of hydrogen-bond donors (Lipinski definition) is 1. The van der Waals surface area contributed by atoms with E-state index in [0.29, 0.717) is 10.9 Å². The molecule has 0 saturated carbocycles. The third kappa shape index (κ3) is 27.8. The van der Waals surface area contributed by atoms with Gasteiger partial charge in [-0.2, -0.15) is 0 Å². The number of aliphatic hydroxyl groups excluding tert-OH is 1. The van der Waals surface area contributed by atoms with Crippen LogP contribution in [0.4, 0.5) is 0 Å². The molecular weight excluding hydrogens is 657 g/mol. The number of aryl methyl sites for hydroxylation is 4. The second-order valence-corrected chi connectivity index (χ2v) is 12.1. The maximum atomic E-state index is 9.97. The number of thiazole rings is 4. The van der Waals surface area contributed by atoms with E-state index in [-0.39, 0.29) is 60.9 Å². The Morgan fingerprint density at radius 1 is 0.895 bits per heavy atom. The third-order valence-electron chi connectivity index (χ3n) is 2.88. The second-order valence-electron chi connectivity index (χ2n) is 5.82. The van der Waals surface area contributed by atoms with Gasteiger partial charge in [0.1, 0.15) is 10.0 Å². The van der Waals surface area contributed by atoms with E-state index in [4.69, 9.17) is 20.9 Å². The number of aliphatic hydroxyl groups is 1. The number of halogens is 3. The van der Waals surface area contributed by atoms with Gasteiger partial charge in [-0.3, -0.25) is 9.78 Å². The van der Waals surface area contributed by atoms with Crippen molar-refractivity contribution in [2.75, 3.05) is 0 Å². The minimum atomic E-state index is -1.67. The molecule has 1 N–H and O–H groups in total. The van der Waals surface area contributed by atoms with Crippen LogP contribution >= 0.6 is 78.3 Å². The molecule has 0 spiro atoms. The first-order valence-electron chi connectivity index (χ1n) is 9.06. The predicted molar refractivity (Wildman–Crippen MR) is 168 cm³/mol. The van der Waals surface area contributed by atoms with Crippen molar-refractivity contribution in [3.63, 3.8) is 0 Å². The maximum absolute atomic E-state index is 9.97. The monoisotopic (exact) mass is 687 g/mol. The minimum absolute atomic E-state index is 0. The molecule has 4 heterocycles. The first kappa shape index (κ1) is 48.0. The number of hydrogen-bond acceptors (Lipinski definition) is 11. The fourth-order valence-corrected chi connectivity index (χ4v) is 4.28. The molecular formula is C21H32BCl3N4NaO3S5. The van der Waals surface area contributed by atoms with E-state index in [9.17, 15) is 4.79 Å². The summed E-state index contributed by atoms with van der Waals surface area (Å²) in [5.41, 5.74) is 5.90. The van der Waals surface area contributed by atoms with E-state index in [1.54, 1.807) is 22.7 Å². The predicted octanol–water partition coefficient (Wildman–Crippen LogP) is 4.90. The van der Waals surface area contributed by atoms with Crippen LogP contribution in [0, 0.1) is 27.7 Å². The Balaban J connectivity index is -0.0000000859. The van der Waals surface area contributed by atoms with Crippen molar-refractivity contribution in [1.82, 2.24) is 19.9 Å². The van der Waals surface area contributed by atoms with Crippen LogP contribution in [0.15, 0.2) is 27.0 Å². The van der Waals surface area contributed by atoms with Crippen molar-refractivity contribution < 1.29 is 45.1 Å². The number of alkyl halides is 1. The Hall–Kier alpha value is 0.235. The molecule has 0 unspecified atom stereocenters. The van der Waals surface area contributed by atoms with Gasteiger partial charge in [0, 0.05) is 74.1 Å². The number of carbonyl (C=O) groups is 1. The van der Waals surface area contributed by atoms with Crippen LogP contribution in [-0.4, -0.2) is 44.0 Å². The molecule has 0 aromatic carbocycles. The fourth-order valence-electron chi connectivity index (χ4n) is 1.64. The SMILES string of the molecule is C.C.Cc1csc(C=O)n1.Cc1csc(CCl)n1.Cc1csc(CO)n1.Cc1cscn1.O=S(Cl)Cl.[B].[H-].[Na+]. The van der Waals surface area contributed by atoms with Crippen LogP contribution < -0.4 is 29.6 Å². The smallest absolute Gasteiger partial charge is 1.00 e. The summed E-state index contributed by atoms with van der Waals surface area (Å²) < 4.78 is 9.09. The quantitative estimate of drug-likeness (QED) is 0.141. The second kappa shape index (κ2) is 30.2. The molecule has 0 atom stereocenters. The Bertz CT molecular complexity index is 1050. The van der Waals surface area contributed by atoms with Crippen molar-refractivity contribution in [1.29, 1.82) is 0 Å². The van der Waals surface area contributed by atoms with Gasteiger partial charge >= 0.3 is 29.6 Å². The summed E-state index contributed by atoms with van der Waals surface area (Å²) in [5, 5.41) is 18.6. The third-order valence-corrected chi connectivity index (χ3v) is 6.80. The molecule has 0 aliphatic heterocycles. The Morgan fingerprint density at radius 2 is 1.34 bits per heavy atom. The number of aldehydes is 1. The Morgan fingerprint density at radius 3 is 1.50 bits per heavy atom. The van der Waals surface area contributed by atoms with Gasteiger partial charge in [0.2, 0.25) is 9.23 Å². The topological polar surface area (TPSA) is 106 Å². The average molecular weight is 689 g/mol. The van der Waals surface area contributed by atoms with Crippen molar-refractivity contribution in [3.8, 4) is 0 Å². The largest absolute Gasteiger partial charge is 1.00 e. The van der Waals surface area contributed by atoms with Crippen LogP contribution in [0.3, 0.4) is 0 Å². The molecule has 0 amide bonds. The van der Waals surface area contributed by atoms with Gasteiger partial charge in [-0.1, -0.05) is 14.9 Å². The molecule has 38 heavy (non-hydrogen) atoms. The molecule has 0 fully saturated rings. The summed E-state index contributed by atoms with van der Waals surface area (Å²) in [6.07, 6.45) is 0.762. The van der Waals surface area contributed by atoms with Crippen molar-refractivity contribution >= 4 is 102 Å². The summed E-state index contributed by atoms with van der Waals surface area (Å²) in [4.78, 5) is 25.9. The molecule has 0 bridgehead atoms. The molecule has 4 aromatic rings. The van der Waals surface area contributed by atoms with E-state index in [1.165, 1.54) is 22.7 Å². The summed E-state index contributed by atoms with van der Waals surface area (Å²) in [6, 6.07) is 0. The van der Waals surface area contributed by atoms with Crippen LogP contribution in [0.1, 0.15) is 58.9 Å². The molecule has 0 aliphatic carbocycles. The first-order chi connectivity index (χ1) is 16.1. The normalized spacial score (nSPS) is 8.34. The summed E-state index contributed by atoms with van der Waals surface area (Å²) in [6.45, 7) is 7.79. The summed E-state index contributed by atoms with van der Waals surface area (Å²) in [7, 11) is 7.36. The zero-order chi connectivity index (χ0) is 25.9. The molecule has 7 nitrogen and oxygen atoms in total. The van der Waals surface area contributed by atoms with Crippen molar-refractivity contribution in [3.05, 3.63) is 64.8 Å². The number of rotatable bonds is 3. The number of aromatic nitrogens is 4. The van der Waals surface area contributed by atoms with Gasteiger partial charge in [-0.05, 0) is 27.7 Å². The van der Waals surface area contributed by atoms with Gasteiger partial charge in [0.15, 0.2) is 11.3 Å². The van der Waals surface area contributed by atoms with Crippen LogP contribution in [0.25, 0.3) is 0 Å². The van der Waals surface area contributed by atoms with E-state index < -0.39 is 9.23 Å². The molecule has 4 rings (SSSR count). The summed E-state index contributed by atoms with van der Waals surface area (Å²) in [5.74, 6) is 0.540. The maximum Gasteiger partial charge on any atom is 1.00 e. The van der Waals surface area contributed by atoms with Gasteiger partial charge in [-0.15, -0.1) is 56.9 Å². The summed E-state index contributed by atoms with van der Waals surface area (Å²) >= 11 is 11.6. The van der Waals surface area contributed by atoms with Crippen LogP contribution in [0.5, 0.6) is 0 Å². The van der Waals surface area contributed by atoms with Gasteiger partial charge in [-0.25, -0.2) is 19.2 Å². The molecule has 0 aliphatic rings. The molecule has 3 radical (unpaired) electrons. The number of nitrogens with zero attached hydrogens (tertiary/aromatic N) is 4. The van der Waals surface area contributed by atoms with E-state index in [2.05, 4.69) is 41.3 Å². The van der Waals surface area contributed by atoms with Gasteiger partial charge in [0.25, 0.3) is 0 Å². The first-order valence-corrected chi connectivity index (χ1v) is 16.0. The zero-order valence-corrected chi connectivity index (χ0v) is 28.5. The van der Waals surface area contributed by atoms with Crippen molar-refractivity contribution in [2.24, 2.45) is 0 Å². The Kier molecular flexibility index (Phi) is 38.1. The van der Waals surface area contributed by atoms with Gasteiger partial charge in [0.05, 0.1) is 18.0 Å². The molecule has 17 heteroatoms. The van der Waals surface area contributed by atoms with Gasteiger partial charge < -0.3 is 6.53 Å². The van der Waals surface area contributed by atoms with Crippen LogP contribution in [-0.2, 0) is 21.7 Å². The zero-order valence-electron chi connectivity index (χ0n) is 21.2. The standard InChI is InChI=1S/C5H6ClNS.C5H7NOS.C5H5NOS.C4H5NS.2CH4.B.Cl2OS.Na.H/c1-4-3-8-5(2-6)7-4;2*1-4-3-8-5(2-7)6-4;1-4-2-6-3-5-4;;;;1-4(2)3;;/h3H,2H2,1H3;3,7H,2H2,1H3;2-3H,1H3;2-3H,1H3;2*1H4;;;;/q;;;;;;;;+1;-1. The Labute approximate surface area is 284 Å². The molecule has 4 aromatic heterocycles. The fraction of sp³-hybridized carbons (Fsp3) is 0.381. The van der Waals surface area contributed by atoms with E-state index in [1.807, 2.05) is 54.7 Å². The van der Waals surface area contributed by atoms with E-state index in [0.717, 1.165) is 39.1 Å². The van der Waals surface area contributed by atoms with Crippen molar-refractivity contribution in [2.45, 2.75) is 55.0 Å². The number of carbonyl (C=O) groups excluding carboxylic acids is 1. The molecule has 209 valence electrons. The van der Waals surface area contributed by atoms with E-state index >= 15 is 0 Å².